The SMILES string of the molecule is COc1ccc(OC)c(CN2CCN(C(=O)NCC3CCN(CC(F)(F)F)C3)CC2)c1. The number of rotatable bonds is 7. The lowest BCUT2D eigenvalue weighted by Crippen LogP contribution is -2.52. The fourth-order valence-corrected chi connectivity index (χ4v) is 4.18. The highest BCUT2D eigenvalue weighted by Crippen LogP contribution is 2.26. The molecule has 31 heavy (non-hydrogen) atoms. The predicted molar refractivity (Wildman–Crippen MR) is 110 cm³/mol. The van der Waals surface area contributed by atoms with E-state index in [1.54, 1.807) is 19.1 Å². The number of hydrogen-bond donors (Lipinski definition) is 1. The Morgan fingerprint density at radius 2 is 1.84 bits per heavy atom. The predicted octanol–water partition coefficient (Wildman–Crippen LogP) is 2.42. The van der Waals surface area contributed by atoms with E-state index in [2.05, 4.69) is 10.2 Å². The first-order valence-electron chi connectivity index (χ1n) is 10.5. The average Bonchev–Trinajstić information content (AvgIpc) is 3.18. The quantitative estimate of drug-likeness (QED) is 0.700. The fourth-order valence-electron chi connectivity index (χ4n) is 4.18. The monoisotopic (exact) mass is 444 g/mol. The Balaban J connectivity index is 1.40. The van der Waals surface area contributed by atoms with Crippen LogP contribution in [0, 0.1) is 5.92 Å². The van der Waals surface area contributed by atoms with Crippen LogP contribution in [-0.4, -0.2) is 93.5 Å². The number of likely N-dealkylation sites (tertiary alicyclic amines) is 1. The molecule has 0 saturated carbocycles. The second-order valence-electron chi connectivity index (χ2n) is 8.13. The maximum Gasteiger partial charge on any atom is 0.401 e. The number of benzene rings is 1. The molecule has 0 aromatic heterocycles. The molecule has 7 nitrogen and oxygen atoms in total. The third-order valence-electron chi connectivity index (χ3n) is 5.86. The van der Waals surface area contributed by atoms with Gasteiger partial charge in [-0.2, -0.15) is 13.2 Å². The minimum atomic E-state index is -4.17. The molecule has 0 spiro atoms. The lowest BCUT2D eigenvalue weighted by Gasteiger charge is -2.35. The number of urea groups is 1. The number of nitrogens with zero attached hydrogens (tertiary/aromatic N) is 3. The van der Waals surface area contributed by atoms with Gasteiger partial charge in [-0.1, -0.05) is 0 Å². The third kappa shape index (κ3) is 6.90. The van der Waals surface area contributed by atoms with Crippen LogP contribution in [0.5, 0.6) is 11.5 Å². The third-order valence-corrected chi connectivity index (χ3v) is 5.86. The van der Waals surface area contributed by atoms with Gasteiger partial charge < -0.3 is 19.7 Å². The molecule has 0 bridgehead atoms. The van der Waals surface area contributed by atoms with Crippen LogP contribution >= 0.6 is 0 Å². The number of piperazine rings is 1. The van der Waals surface area contributed by atoms with Crippen LogP contribution in [0.25, 0.3) is 0 Å². The second kappa shape index (κ2) is 10.4. The lowest BCUT2D eigenvalue weighted by molar-refractivity contribution is -0.143. The van der Waals surface area contributed by atoms with Crippen molar-refractivity contribution in [1.29, 1.82) is 0 Å². The topological polar surface area (TPSA) is 57.3 Å². The number of amides is 2. The summed E-state index contributed by atoms with van der Waals surface area (Å²) >= 11 is 0. The molecule has 3 rings (SSSR count). The Kier molecular flexibility index (Phi) is 7.88. The average molecular weight is 444 g/mol. The normalized spacial score (nSPS) is 20.7. The minimum Gasteiger partial charge on any atom is -0.497 e. The largest absolute Gasteiger partial charge is 0.497 e. The van der Waals surface area contributed by atoms with Crippen molar-refractivity contribution in [2.24, 2.45) is 5.92 Å². The van der Waals surface area contributed by atoms with Crippen molar-refractivity contribution in [3.8, 4) is 11.5 Å². The van der Waals surface area contributed by atoms with E-state index in [0.29, 0.717) is 45.7 Å². The first-order chi connectivity index (χ1) is 14.8. The summed E-state index contributed by atoms with van der Waals surface area (Å²) in [5.41, 5.74) is 1.03. The highest BCUT2D eigenvalue weighted by atomic mass is 19.4. The summed E-state index contributed by atoms with van der Waals surface area (Å²) in [4.78, 5) is 17.9. The Hall–Kier alpha value is -2.20. The van der Waals surface area contributed by atoms with E-state index in [0.717, 1.165) is 30.2 Å². The molecular formula is C21H31F3N4O3. The van der Waals surface area contributed by atoms with E-state index in [4.69, 9.17) is 9.47 Å². The van der Waals surface area contributed by atoms with Gasteiger partial charge in [0.25, 0.3) is 0 Å². The zero-order valence-electron chi connectivity index (χ0n) is 18.1. The van der Waals surface area contributed by atoms with Crippen LogP contribution in [0.2, 0.25) is 0 Å². The van der Waals surface area contributed by atoms with Gasteiger partial charge >= 0.3 is 12.2 Å². The Morgan fingerprint density at radius 1 is 1.10 bits per heavy atom. The van der Waals surface area contributed by atoms with E-state index in [1.165, 1.54) is 4.90 Å². The van der Waals surface area contributed by atoms with Crippen molar-refractivity contribution in [2.45, 2.75) is 19.1 Å². The number of alkyl halides is 3. The van der Waals surface area contributed by atoms with Gasteiger partial charge in [0, 0.05) is 51.4 Å². The van der Waals surface area contributed by atoms with Crippen LogP contribution in [0.15, 0.2) is 18.2 Å². The van der Waals surface area contributed by atoms with Gasteiger partial charge in [0.05, 0.1) is 20.8 Å². The summed E-state index contributed by atoms with van der Waals surface area (Å²) in [7, 11) is 3.27. The molecule has 1 N–H and O–H groups in total. The summed E-state index contributed by atoms with van der Waals surface area (Å²) in [5, 5.41) is 2.90. The summed E-state index contributed by atoms with van der Waals surface area (Å²) in [6, 6.07) is 5.56. The number of methoxy groups -OCH3 is 2. The molecule has 2 aliphatic rings. The molecular weight excluding hydrogens is 413 g/mol. The lowest BCUT2D eigenvalue weighted by atomic mass is 10.1. The van der Waals surface area contributed by atoms with Crippen molar-refractivity contribution in [3.05, 3.63) is 23.8 Å². The van der Waals surface area contributed by atoms with Gasteiger partial charge in [0.1, 0.15) is 11.5 Å². The number of carbonyl (C=O) groups excluding carboxylic acids is 1. The smallest absolute Gasteiger partial charge is 0.401 e. The molecule has 2 saturated heterocycles. The number of ether oxygens (including phenoxy) is 2. The van der Waals surface area contributed by atoms with E-state index in [1.807, 2.05) is 18.2 Å². The van der Waals surface area contributed by atoms with Crippen LogP contribution < -0.4 is 14.8 Å². The highest BCUT2D eigenvalue weighted by molar-refractivity contribution is 5.74. The first kappa shape index (κ1) is 23.5. The molecule has 1 unspecified atom stereocenters. The van der Waals surface area contributed by atoms with Gasteiger partial charge in [-0.3, -0.25) is 9.80 Å². The van der Waals surface area contributed by atoms with Crippen LogP contribution in [0.3, 0.4) is 0 Å². The van der Waals surface area contributed by atoms with Crippen molar-refractivity contribution >= 4 is 6.03 Å². The molecule has 2 heterocycles. The molecule has 2 fully saturated rings. The van der Waals surface area contributed by atoms with E-state index < -0.39 is 12.7 Å². The number of nitrogens with one attached hydrogen (secondary N) is 1. The minimum absolute atomic E-state index is 0.0631. The molecule has 0 radical (unpaired) electrons. The van der Waals surface area contributed by atoms with Crippen molar-refractivity contribution in [2.75, 3.05) is 66.6 Å². The Morgan fingerprint density at radius 3 is 2.48 bits per heavy atom. The standard InChI is InChI=1S/C21H31F3N4O3/c1-30-18-3-4-19(31-2)17(11-18)14-26-7-9-28(10-8-26)20(29)25-12-16-5-6-27(13-16)15-21(22,23)24/h3-4,11,16H,5-10,12-15H2,1-2H3,(H,25,29). The molecule has 10 heteroatoms. The van der Waals surface area contributed by atoms with E-state index in [9.17, 15) is 18.0 Å². The number of carbonyl (C=O) groups is 1. The van der Waals surface area contributed by atoms with Crippen molar-refractivity contribution < 1.29 is 27.4 Å². The Bertz CT molecular complexity index is 739. The van der Waals surface area contributed by atoms with Gasteiger partial charge in [-0.05, 0) is 37.1 Å². The van der Waals surface area contributed by atoms with Gasteiger partial charge in [0.2, 0.25) is 0 Å². The van der Waals surface area contributed by atoms with E-state index >= 15 is 0 Å². The van der Waals surface area contributed by atoms with Gasteiger partial charge in [-0.15, -0.1) is 0 Å². The maximum absolute atomic E-state index is 12.5. The molecule has 2 amide bonds. The summed E-state index contributed by atoms with van der Waals surface area (Å²) in [5.74, 6) is 1.64. The van der Waals surface area contributed by atoms with Crippen molar-refractivity contribution in [3.63, 3.8) is 0 Å². The first-order valence-corrected chi connectivity index (χ1v) is 10.5. The molecule has 1 aromatic rings. The van der Waals surface area contributed by atoms with Crippen LogP contribution in [-0.2, 0) is 6.54 Å². The zero-order chi connectivity index (χ0) is 22.4. The highest BCUT2D eigenvalue weighted by Gasteiger charge is 2.34. The number of halogens is 3. The molecule has 174 valence electrons. The van der Waals surface area contributed by atoms with E-state index in [-0.39, 0.29) is 11.9 Å². The molecule has 1 atom stereocenters. The fraction of sp³-hybridized carbons (Fsp3) is 0.667. The summed E-state index contributed by atoms with van der Waals surface area (Å²) in [6.45, 7) is 3.69. The second-order valence-corrected chi connectivity index (χ2v) is 8.13. The molecule has 2 aliphatic heterocycles. The number of hydrogen-bond acceptors (Lipinski definition) is 5. The Labute approximate surface area is 181 Å². The summed E-state index contributed by atoms with van der Waals surface area (Å²) < 4.78 is 48.3. The van der Waals surface area contributed by atoms with Crippen molar-refractivity contribution in [1.82, 2.24) is 20.0 Å². The van der Waals surface area contributed by atoms with Crippen LogP contribution in [0.4, 0.5) is 18.0 Å². The molecule has 1 aromatic carbocycles. The van der Waals surface area contributed by atoms with Crippen LogP contribution in [0.1, 0.15) is 12.0 Å². The summed E-state index contributed by atoms with van der Waals surface area (Å²) in [6.07, 6.45) is -3.50. The zero-order valence-corrected chi connectivity index (χ0v) is 18.1. The maximum atomic E-state index is 12.5. The molecule has 0 aliphatic carbocycles. The van der Waals surface area contributed by atoms with Gasteiger partial charge in [0.15, 0.2) is 0 Å². The van der Waals surface area contributed by atoms with Gasteiger partial charge in [-0.25, -0.2) is 4.79 Å².